The van der Waals surface area contributed by atoms with Crippen LogP contribution in [-0.2, 0) is 6.18 Å². The normalized spacial score (nSPS) is 28.7. The van der Waals surface area contributed by atoms with Crippen LogP contribution in [-0.4, -0.2) is 76.1 Å². The van der Waals surface area contributed by atoms with Crippen LogP contribution >= 0.6 is 11.6 Å². The predicted molar refractivity (Wildman–Crippen MR) is 152 cm³/mol. The Kier molecular flexibility index (Phi) is 6.91. The van der Waals surface area contributed by atoms with Crippen LogP contribution in [0.3, 0.4) is 0 Å². The molecule has 0 spiro atoms. The van der Waals surface area contributed by atoms with E-state index < -0.39 is 57.0 Å². The number of ether oxygens (including phenoxy) is 1. The largest absolute Gasteiger partial charge is 0.507 e. The van der Waals surface area contributed by atoms with Crippen molar-refractivity contribution in [2.45, 2.75) is 68.5 Å². The van der Waals surface area contributed by atoms with E-state index in [9.17, 15) is 22.7 Å². The molecule has 1 aromatic heterocycles. The number of nitrogens with one attached hydrogen (secondary N) is 1. The lowest BCUT2D eigenvalue weighted by Gasteiger charge is -2.40. The molecule has 4 saturated heterocycles. The number of fused-ring (bicyclic) bond motifs is 4. The van der Waals surface area contributed by atoms with Crippen LogP contribution in [0.15, 0.2) is 18.2 Å². The van der Waals surface area contributed by atoms with Gasteiger partial charge in [-0.3, -0.25) is 4.90 Å². The summed E-state index contributed by atoms with van der Waals surface area (Å²) in [4.78, 5) is 12.8. The minimum Gasteiger partial charge on any atom is -0.507 e. The Balaban J connectivity index is 1.36. The van der Waals surface area contributed by atoms with Gasteiger partial charge in [-0.05, 0) is 57.4 Å². The third-order valence-electron chi connectivity index (χ3n) is 9.61. The van der Waals surface area contributed by atoms with E-state index in [1.54, 1.807) is 0 Å². The van der Waals surface area contributed by atoms with Crippen LogP contribution in [0.25, 0.3) is 22.0 Å². The van der Waals surface area contributed by atoms with Gasteiger partial charge in [0.2, 0.25) is 0 Å². The monoisotopic (exact) mass is 641 g/mol. The Hall–Kier alpha value is -3.03. The Morgan fingerprint density at radius 2 is 1.95 bits per heavy atom. The van der Waals surface area contributed by atoms with Crippen LogP contribution in [0.1, 0.15) is 44.6 Å². The van der Waals surface area contributed by atoms with Gasteiger partial charge in [0, 0.05) is 48.6 Å². The van der Waals surface area contributed by atoms with Gasteiger partial charge < -0.3 is 20.1 Å². The van der Waals surface area contributed by atoms with Crippen LogP contribution < -0.4 is 15.0 Å². The number of hydrogen-bond acceptors (Lipinski definition) is 7. The van der Waals surface area contributed by atoms with Gasteiger partial charge in [0.05, 0.1) is 21.7 Å². The number of hydrogen-bond donors (Lipinski definition) is 2. The number of aromatic nitrogens is 2. The topological polar surface area (TPSA) is 73.8 Å². The van der Waals surface area contributed by atoms with Gasteiger partial charge in [-0.2, -0.15) is 23.1 Å². The van der Waals surface area contributed by atoms with E-state index in [0.717, 1.165) is 31.9 Å². The molecular weight excluding hydrogens is 612 g/mol. The van der Waals surface area contributed by atoms with Crippen molar-refractivity contribution in [1.29, 1.82) is 0 Å². The van der Waals surface area contributed by atoms with Crippen molar-refractivity contribution in [3.8, 4) is 22.9 Å². The van der Waals surface area contributed by atoms with Crippen molar-refractivity contribution in [2.75, 3.05) is 37.7 Å². The fraction of sp³-hybridized carbons (Fsp3) is 0.533. The summed E-state index contributed by atoms with van der Waals surface area (Å²) >= 11 is 5.71. The molecule has 2 N–H and O–H groups in total. The average molecular weight is 642 g/mol. The highest BCUT2D eigenvalue weighted by Crippen LogP contribution is 2.45. The standard InChI is InChI=1S/C30H30ClF6N5O2/c1-28-5-3-16(40-28)12-41(13-28)26-18-8-21(33)23(17-7-19(30(35,36)37)20(31)9-22(17)43)24(34)25(18)38-27(39-26)44-14-29-4-2-6-42(29)11-15(32)10-29/h7-9,15-16,40,43H,2-6,10-14H2,1H3/t15-,16?,28+,29+/m1/s1. The first-order valence-electron chi connectivity index (χ1n) is 14.6. The molecule has 0 radical (unpaired) electrons. The van der Waals surface area contributed by atoms with E-state index in [1.807, 2.05) is 9.80 Å². The molecular formula is C30H30ClF6N5O2. The summed E-state index contributed by atoms with van der Waals surface area (Å²) in [5.41, 5.74) is -4.16. The Labute approximate surface area is 254 Å². The van der Waals surface area contributed by atoms with Crippen molar-refractivity contribution < 1.29 is 36.2 Å². The van der Waals surface area contributed by atoms with Gasteiger partial charge in [0.15, 0.2) is 5.82 Å². The second-order valence-corrected chi connectivity index (χ2v) is 13.2. The molecule has 3 aromatic rings. The van der Waals surface area contributed by atoms with Gasteiger partial charge in [0.1, 0.15) is 35.7 Å². The molecule has 14 heteroatoms. The first-order valence-corrected chi connectivity index (χ1v) is 15.0. The molecule has 5 heterocycles. The third-order valence-corrected chi connectivity index (χ3v) is 9.92. The summed E-state index contributed by atoms with van der Waals surface area (Å²) in [6.07, 6.45) is -2.26. The van der Waals surface area contributed by atoms with Crippen molar-refractivity contribution >= 4 is 28.3 Å². The molecule has 7 rings (SSSR count). The number of anilines is 1. The summed E-state index contributed by atoms with van der Waals surface area (Å²) in [6.45, 7) is 4.13. The van der Waals surface area contributed by atoms with Gasteiger partial charge in [-0.25, -0.2) is 13.2 Å². The van der Waals surface area contributed by atoms with Crippen LogP contribution in [0.4, 0.5) is 32.2 Å². The molecule has 0 aliphatic carbocycles. The molecule has 0 amide bonds. The molecule has 0 saturated carbocycles. The highest BCUT2D eigenvalue weighted by molar-refractivity contribution is 6.31. The second kappa shape index (κ2) is 10.2. The maximum Gasteiger partial charge on any atom is 0.417 e. The minimum atomic E-state index is -4.94. The first-order chi connectivity index (χ1) is 20.8. The fourth-order valence-electron chi connectivity index (χ4n) is 7.65. The van der Waals surface area contributed by atoms with E-state index in [0.29, 0.717) is 38.2 Å². The summed E-state index contributed by atoms with van der Waals surface area (Å²) in [5.74, 6) is -3.10. The summed E-state index contributed by atoms with van der Waals surface area (Å²) in [7, 11) is 0. The highest BCUT2D eigenvalue weighted by atomic mass is 35.5. The maximum atomic E-state index is 16.4. The molecule has 4 aliphatic heterocycles. The Morgan fingerprint density at radius 3 is 2.70 bits per heavy atom. The van der Waals surface area contributed by atoms with Crippen molar-refractivity contribution in [3.63, 3.8) is 0 Å². The van der Waals surface area contributed by atoms with E-state index >= 15 is 8.78 Å². The molecule has 7 nitrogen and oxygen atoms in total. The Morgan fingerprint density at radius 1 is 1.16 bits per heavy atom. The van der Waals surface area contributed by atoms with E-state index in [2.05, 4.69) is 22.2 Å². The number of phenolic OH excluding ortho intramolecular Hbond substituents is 1. The highest BCUT2D eigenvalue weighted by Gasteiger charge is 2.49. The van der Waals surface area contributed by atoms with Crippen molar-refractivity contribution in [1.82, 2.24) is 20.2 Å². The molecule has 2 aromatic carbocycles. The van der Waals surface area contributed by atoms with Gasteiger partial charge in [-0.15, -0.1) is 0 Å². The average Bonchev–Trinajstić information content (AvgIpc) is 3.55. The van der Waals surface area contributed by atoms with Gasteiger partial charge in [-0.1, -0.05) is 11.6 Å². The maximum absolute atomic E-state index is 16.4. The number of aromatic hydroxyl groups is 1. The number of piperazine rings is 1. The van der Waals surface area contributed by atoms with Crippen molar-refractivity contribution in [3.05, 3.63) is 40.4 Å². The number of nitrogens with zero attached hydrogens (tertiary/aromatic N) is 4. The molecule has 2 bridgehead atoms. The third kappa shape index (κ3) is 4.91. The molecule has 4 fully saturated rings. The van der Waals surface area contributed by atoms with Gasteiger partial charge in [0.25, 0.3) is 0 Å². The van der Waals surface area contributed by atoms with E-state index in [-0.39, 0.29) is 47.3 Å². The van der Waals surface area contributed by atoms with Crippen LogP contribution in [0, 0.1) is 11.6 Å². The lowest BCUT2D eigenvalue weighted by molar-refractivity contribution is -0.137. The van der Waals surface area contributed by atoms with Crippen LogP contribution in [0.5, 0.6) is 11.8 Å². The number of rotatable bonds is 5. The first kappa shape index (κ1) is 29.7. The molecule has 236 valence electrons. The molecule has 1 unspecified atom stereocenters. The van der Waals surface area contributed by atoms with Crippen LogP contribution in [0.2, 0.25) is 5.02 Å². The molecule has 4 atom stereocenters. The molecule has 44 heavy (non-hydrogen) atoms. The zero-order valence-corrected chi connectivity index (χ0v) is 24.5. The second-order valence-electron chi connectivity index (χ2n) is 12.8. The van der Waals surface area contributed by atoms with E-state index in [1.165, 1.54) is 0 Å². The zero-order valence-electron chi connectivity index (χ0n) is 23.7. The zero-order chi connectivity index (χ0) is 31.2. The predicted octanol–water partition coefficient (Wildman–Crippen LogP) is 6.24. The summed E-state index contributed by atoms with van der Waals surface area (Å²) in [5, 5.41) is 13.2. The number of alkyl halides is 4. The number of phenols is 1. The lowest BCUT2D eigenvalue weighted by Crippen LogP contribution is -2.58. The fourth-order valence-corrected chi connectivity index (χ4v) is 7.91. The van der Waals surface area contributed by atoms with E-state index in [4.69, 9.17) is 16.3 Å². The quantitative estimate of drug-likeness (QED) is 0.320. The number of halogens is 7. The molecule has 4 aliphatic rings. The number of benzene rings is 2. The summed E-state index contributed by atoms with van der Waals surface area (Å²) in [6, 6.07) is 1.91. The van der Waals surface area contributed by atoms with Crippen molar-refractivity contribution in [2.24, 2.45) is 0 Å². The SMILES string of the molecule is C[C@]12CCC(CN(c3nc(OC[C@@]45CCCN4C[C@H](F)C5)nc4c(F)c(-c5cc(C(F)(F)F)c(Cl)cc5O)c(F)cc34)C1)N2. The smallest absolute Gasteiger partial charge is 0.417 e. The minimum absolute atomic E-state index is 0.0100. The summed E-state index contributed by atoms with van der Waals surface area (Å²) < 4.78 is 93.5. The lowest BCUT2D eigenvalue weighted by atomic mass is 9.95. The van der Waals surface area contributed by atoms with Gasteiger partial charge >= 0.3 is 12.2 Å². The Bertz CT molecular complexity index is 1660.